The molecular formula is C9H14FNSn. The number of aryl methyl sites for hydroxylation is 1. The molecule has 12 heavy (non-hydrogen) atoms. The van der Waals surface area contributed by atoms with Crippen LogP contribution in [0.5, 0.6) is 0 Å². The normalized spacial score (nSPS) is 11.8. The van der Waals surface area contributed by atoms with E-state index in [2.05, 4.69) is 19.8 Å². The molecule has 1 heterocycles. The van der Waals surface area contributed by atoms with Crippen molar-refractivity contribution in [1.29, 1.82) is 0 Å². The molecule has 3 heteroatoms. The van der Waals surface area contributed by atoms with Gasteiger partial charge >= 0.3 is 76.8 Å². The minimum atomic E-state index is -2.06. The van der Waals surface area contributed by atoms with Crippen molar-refractivity contribution in [3.8, 4) is 0 Å². The van der Waals surface area contributed by atoms with Gasteiger partial charge in [-0.2, -0.15) is 0 Å². The molecule has 0 bridgehead atoms. The Morgan fingerprint density at radius 1 is 1.25 bits per heavy atom. The van der Waals surface area contributed by atoms with E-state index in [0.717, 1.165) is 3.71 Å². The molecule has 0 aliphatic carbocycles. The molecule has 66 valence electrons. The Hall–Kier alpha value is -0.121. The van der Waals surface area contributed by atoms with Gasteiger partial charge < -0.3 is 0 Å². The van der Waals surface area contributed by atoms with Gasteiger partial charge in [0.1, 0.15) is 0 Å². The number of nitrogens with zero attached hydrogens (tertiary/aromatic N) is 1. The molecule has 0 spiro atoms. The average molecular weight is 274 g/mol. The summed E-state index contributed by atoms with van der Waals surface area (Å²) in [6.07, 6.45) is 0. The summed E-state index contributed by atoms with van der Waals surface area (Å²) in [5.41, 5.74) is 0.527. The van der Waals surface area contributed by atoms with E-state index in [1.54, 1.807) is 6.92 Å². The first-order chi connectivity index (χ1) is 5.41. The van der Waals surface area contributed by atoms with Crippen LogP contribution in [0.15, 0.2) is 12.1 Å². The van der Waals surface area contributed by atoms with Crippen LogP contribution in [0.3, 0.4) is 0 Å². The van der Waals surface area contributed by atoms with Crippen molar-refractivity contribution in [1.82, 2.24) is 4.98 Å². The molecule has 0 aliphatic heterocycles. The van der Waals surface area contributed by atoms with E-state index in [1.165, 1.54) is 6.07 Å². The molecule has 0 fully saturated rings. The van der Waals surface area contributed by atoms with Crippen LogP contribution >= 0.6 is 0 Å². The average Bonchev–Trinajstić information content (AvgIpc) is 1.92. The third-order valence-corrected chi connectivity index (χ3v) is 6.97. The van der Waals surface area contributed by atoms with Crippen molar-refractivity contribution in [2.45, 2.75) is 21.7 Å². The van der Waals surface area contributed by atoms with Gasteiger partial charge in [-0.25, -0.2) is 0 Å². The molecular weight excluding hydrogens is 260 g/mol. The van der Waals surface area contributed by atoms with Gasteiger partial charge in [0.05, 0.1) is 0 Å². The number of hydrogen-bond donors (Lipinski definition) is 0. The molecule has 0 aliphatic rings. The molecule has 0 unspecified atom stereocenters. The predicted octanol–water partition coefficient (Wildman–Crippen LogP) is 2.07. The Labute approximate surface area is 76.9 Å². The summed E-state index contributed by atoms with van der Waals surface area (Å²) in [6.45, 7) is 1.72. The Kier molecular flexibility index (Phi) is 2.76. The zero-order valence-corrected chi connectivity index (χ0v) is 10.8. The molecule has 0 saturated heterocycles. The van der Waals surface area contributed by atoms with E-state index in [4.69, 9.17) is 0 Å². The molecule has 1 aromatic rings. The fourth-order valence-electron chi connectivity index (χ4n) is 0.962. The van der Waals surface area contributed by atoms with E-state index in [1.807, 2.05) is 6.07 Å². The molecule has 0 saturated carbocycles. The van der Waals surface area contributed by atoms with Crippen molar-refractivity contribution in [3.05, 3.63) is 23.6 Å². The van der Waals surface area contributed by atoms with Crippen molar-refractivity contribution >= 4 is 22.1 Å². The molecule has 1 aromatic heterocycles. The predicted molar refractivity (Wildman–Crippen MR) is 51.9 cm³/mol. The van der Waals surface area contributed by atoms with E-state index < -0.39 is 18.4 Å². The van der Waals surface area contributed by atoms with E-state index >= 15 is 0 Å². The Morgan fingerprint density at radius 3 is 2.25 bits per heavy atom. The van der Waals surface area contributed by atoms with Crippen LogP contribution in [-0.2, 0) is 0 Å². The van der Waals surface area contributed by atoms with Crippen LogP contribution < -0.4 is 3.71 Å². The van der Waals surface area contributed by atoms with Crippen LogP contribution in [0.1, 0.15) is 5.69 Å². The van der Waals surface area contributed by atoms with Gasteiger partial charge in [-0.05, 0) is 0 Å². The first-order valence-corrected chi connectivity index (χ1v) is 14.0. The number of halogens is 1. The van der Waals surface area contributed by atoms with Crippen molar-refractivity contribution < 1.29 is 4.39 Å². The monoisotopic (exact) mass is 275 g/mol. The van der Waals surface area contributed by atoms with Crippen LogP contribution in [0.4, 0.5) is 4.39 Å². The van der Waals surface area contributed by atoms with E-state index in [9.17, 15) is 4.39 Å². The number of rotatable bonds is 1. The van der Waals surface area contributed by atoms with Crippen LogP contribution in [0.2, 0.25) is 14.8 Å². The van der Waals surface area contributed by atoms with E-state index in [0.29, 0.717) is 5.69 Å². The molecule has 0 amide bonds. The Bertz CT molecular complexity index is 291. The number of pyridine rings is 1. The summed E-state index contributed by atoms with van der Waals surface area (Å²) in [4.78, 5) is 11.1. The molecule has 0 atom stereocenters. The zero-order valence-electron chi connectivity index (χ0n) is 7.98. The molecule has 1 nitrogen and oxygen atoms in total. The van der Waals surface area contributed by atoms with Gasteiger partial charge in [0.15, 0.2) is 0 Å². The summed E-state index contributed by atoms with van der Waals surface area (Å²) in [7, 11) is 0. The van der Waals surface area contributed by atoms with Gasteiger partial charge in [0.25, 0.3) is 0 Å². The fraction of sp³-hybridized carbons (Fsp3) is 0.444. The van der Waals surface area contributed by atoms with Crippen LogP contribution in [0.25, 0.3) is 0 Å². The van der Waals surface area contributed by atoms with Crippen molar-refractivity contribution in [2.24, 2.45) is 0 Å². The third-order valence-electron chi connectivity index (χ3n) is 1.79. The number of aromatic nitrogens is 1. The second-order valence-electron chi connectivity index (χ2n) is 4.01. The van der Waals surface area contributed by atoms with E-state index in [-0.39, 0.29) is 5.82 Å². The van der Waals surface area contributed by atoms with Gasteiger partial charge in [0, 0.05) is 0 Å². The maximum absolute atomic E-state index is 12.8. The molecule has 0 N–H and O–H groups in total. The summed E-state index contributed by atoms with van der Waals surface area (Å²) in [5.74, 6) is -0.200. The van der Waals surface area contributed by atoms with Gasteiger partial charge in [-0.1, -0.05) is 0 Å². The minimum absolute atomic E-state index is 0.200. The van der Waals surface area contributed by atoms with Crippen LogP contribution in [-0.4, -0.2) is 23.4 Å². The quantitative estimate of drug-likeness (QED) is 0.714. The molecule has 0 radical (unpaired) electrons. The van der Waals surface area contributed by atoms with Gasteiger partial charge in [0.2, 0.25) is 0 Å². The Morgan fingerprint density at radius 2 is 1.83 bits per heavy atom. The fourth-order valence-corrected chi connectivity index (χ4v) is 4.06. The zero-order chi connectivity index (χ0) is 9.35. The van der Waals surface area contributed by atoms with Crippen molar-refractivity contribution in [3.63, 3.8) is 0 Å². The summed E-state index contributed by atoms with van der Waals surface area (Å²) < 4.78 is 14.0. The Balaban J connectivity index is 3.14. The second-order valence-corrected chi connectivity index (χ2v) is 18.3. The summed E-state index contributed by atoms with van der Waals surface area (Å²) in [5, 5.41) is 0. The third kappa shape index (κ3) is 2.19. The van der Waals surface area contributed by atoms with Gasteiger partial charge in [-0.3, -0.25) is 0 Å². The standard InChI is InChI=1S/C6H5FN.3CH3.Sn/c1-5-6(7)3-2-4-8-5;;;;/h2-3H,1H3;3*1H3;. The van der Waals surface area contributed by atoms with Crippen LogP contribution in [0, 0.1) is 12.7 Å². The number of hydrogen-bond acceptors (Lipinski definition) is 1. The first-order valence-electron chi connectivity index (χ1n) is 4.05. The summed E-state index contributed by atoms with van der Waals surface area (Å²) in [6, 6.07) is 3.36. The second kappa shape index (κ2) is 3.32. The van der Waals surface area contributed by atoms with Gasteiger partial charge in [-0.15, -0.1) is 0 Å². The SMILES string of the molecule is Cc1n[c]([Sn]([CH3])([CH3])[CH3])ccc1F. The molecule has 0 aromatic carbocycles. The topological polar surface area (TPSA) is 12.9 Å². The first kappa shape index (κ1) is 9.96. The van der Waals surface area contributed by atoms with Crippen molar-refractivity contribution in [2.75, 3.05) is 0 Å². The molecule has 1 rings (SSSR count). The summed E-state index contributed by atoms with van der Waals surface area (Å²) >= 11 is -2.06. The maximum atomic E-state index is 12.8.